The lowest BCUT2D eigenvalue weighted by atomic mass is 10.1. The van der Waals surface area contributed by atoms with Gasteiger partial charge in [0.2, 0.25) is 0 Å². The van der Waals surface area contributed by atoms with Gasteiger partial charge < -0.3 is 25.4 Å². The predicted molar refractivity (Wildman–Crippen MR) is 152 cm³/mol. The van der Waals surface area contributed by atoms with E-state index in [1.807, 2.05) is 30.3 Å². The fourth-order valence-electron chi connectivity index (χ4n) is 4.72. The molecular formula is C27H40N6O7S. The maximum atomic E-state index is 12.3. The van der Waals surface area contributed by atoms with Crippen LogP contribution >= 0.6 is 0 Å². The molecule has 1 fully saturated rings. The first-order valence-electron chi connectivity index (χ1n) is 14.1. The van der Waals surface area contributed by atoms with Crippen molar-refractivity contribution in [3.63, 3.8) is 0 Å². The van der Waals surface area contributed by atoms with Crippen molar-refractivity contribution in [1.82, 2.24) is 24.2 Å². The molecule has 0 spiro atoms. The lowest BCUT2D eigenvalue weighted by Crippen LogP contribution is -2.36. The number of fused-ring (bicyclic) bond motifs is 1. The Morgan fingerprint density at radius 3 is 2.34 bits per heavy atom. The predicted octanol–water partition coefficient (Wildman–Crippen LogP) is 2.47. The average molecular weight is 593 g/mol. The molecule has 3 heterocycles. The number of hydrogen-bond acceptors (Lipinski definition) is 11. The minimum absolute atomic E-state index is 0.162. The van der Waals surface area contributed by atoms with Crippen LogP contribution in [-0.4, -0.2) is 76.2 Å². The Kier molecular flexibility index (Phi) is 11.7. The molecule has 2 aromatic heterocycles. The summed E-state index contributed by atoms with van der Waals surface area (Å²) < 4.78 is 44.8. The number of nitrogens with one attached hydrogen (secondary N) is 1. The first kappa shape index (κ1) is 31.1. The number of unbranched alkanes of at least 4 members (excludes halogenated alkanes) is 8. The van der Waals surface area contributed by atoms with Gasteiger partial charge in [0, 0.05) is 6.54 Å². The fourth-order valence-corrected chi connectivity index (χ4v) is 5.51. The van der Waals surface area contributed by atoms with Crippen molar-refractivity contribution in [2.75, 3.05) is 25.5 Å². The van der Waals surface area contributed by atoms with Crippen molar-refractivity contribution in [2.45, 2.75) is 82.3 Å². The van der Waals surface area contributed by atoms with Crippen molar-refractivity contribution >= 4 is 27.3 Å². The van der Waals surface area contributed by atoms with Gasteiger partial charge >= 0.3 is 10.3 Å². The van der Waals surface area contributed by atoms with Crippen LogP contribution in [0.15, 0.2) is 43.0 Å². The summed E-state index contributed by atoms with van der Waals surface area (Å²) in [5.74, 6) is 1.08. The van der Waals surface area contributed by atoms with Gasteiger partial charge in [-0.15, -0.1) is 0 Å². The molecule has 5 N–H and O–H groups in total. The van der Waals surface area contributed by atoms with Crippen LogP contribution in [0.5, 0.6) is 5.75 Å². The van der Waals surface area contributed by atoms with Crippen LogP contribution in [0, 0.1) is 0 Å². The lowest BCUT2D eigenvalue weighted by molar-refractivity contribution is -0.0469. The van der Waals surface area contributed by atoms with Gasteiger partial charge in [-0.1, -0.05) is 63.1 Å². The molecule has 4 atom stereocenters. The van der Waals surface area contributed by atoms with Crippen LogP contribution in [0.2, 0.25) is 0 Å². The molecule has 14 heteroatoms. The van der Waals surface area contributed by atoms with Crippen molar-refractivity contribution in [2.24, 2.45) is 0 Å². The molecule has 0 bridgehead atoms. The fraction of sp³-hybridized carbons (Fsp3) is 0.593. The van der Waals surface area contributed by atoms with E-state index in [1.54, 1.807) is 0 Å². The Morgan fingerprint density at radius 2 is 1.61 bits per heavy atom. The Balaban J connectivity index is 1.04. The van der Waals surface area contributed by atoms with E-state index in [0.29, 0.717) is 17.6 Å². The summed E-state index contributed by atoms with van der Waals surface area (Å²) >= 11 is 0. The standard InChI is InChI=1S/C27H40N6O7S/c28-25-22-26(30-18-29-25)33(19-31-22)27-24(35)23(34)21(40-27)17-39-41(36,37)32-15-11-6-4-2-1-3-5-7-12-16-38-20-13-9-8-10-14-20/h8-10,13-14,18-19,21,23-24,27,32,34-35H,1-7,11-12,15-17H2,(H2,28,29,30)/t21-,23-,24-,27-/m1/s1. The van der Waals surface area contributed by atoms with E-state index in [9.17, 15) is 18.6 Å². The number of hydrogen-bond donors (Lipinski definition) is 4. The molecule has 41 heavy (non-hydrogen) atoms. The molecule has 3 aromatic rings. The molecule has 1 aliphatic rings. The number of aromatic nitrogens is 4. The maximum absolute atomic E-state index is 12.3. The van der Waals surface area contributed by atoms with Gasteiger partial charge in [-0.3, -0.25) is 8.75 Å². The van der Waals surface area contributed by atoms with Crippen LogP contribution in [0.25, 0.3) is 11.2 Å². The number of aliphatic hydroxyl groups is 2. The SMILES string of the molecule is Nc1ncnc2c1ncn2[C@@H]1O[C@H](COS(=O)(=O)NCCCCCCCCCCCOc2ccccc2)[C@@H](O)[C@H]1O. The Bertz CT molecular complexity index is 1310. The lowest BCUT2D eigenvalue weighted by Gasteiger charge is -2.16. The number of nitrogen functional groups attached to an aromatic ring is 1. The second-order valence-corrected chi connectivity index (χ2v) is 11.5. The largest absolute Gasteiger partial charge is 0.494 e. The van der Waals surface area contributed by atoms with E-state index in [2.05, 4.69) is 19.7 Å². The quantitative estimate of drug-likeness (QED) is 0.159. The zero-order valence-corrected chi connectivity index (χ0v) is 23.9. The first-order chi connectivity index (χ1) is 19.9. The molecular weight excluding hydrogens is 552 g/mol. The number of rotatable bonds is 18. The van der Waals surface area contributed by atoms with Crippen LogP contribution in [0.4, 0.5) is 5.82 Å². The zero-order chi connectivity index (χ0) is 29.1. The van der Waals surface area contributed by atoms with Crippen molar-refractivity contribution < 1.29 is 32.3 Å². The van der Waals surface area contributed by atoms with E-state index < -0.39 is 41.5 Å². The highest BCUT2D eigenvalue weighted by atomic mass is 32.2. The molecule has 4 rings (SSSR count). The summed E-state index contributed by atoms with van der Waals surface area (Å²) in [6.45, 7) is 0.534. The molecule has 1 aromatic carbocycles. The molecule has 13 nitrogen and oxygen atoms in total. The van der Waals surface area contributed by atoms with Gasteiger partial charge in [-0.05, 0) is 25.0 Å². The third kappa shape index (κ3) is 9.05. The van der Waals surface area contributed by atoms with Crippen molar-refractivity contribution in [3.05, 3.63) is 43.0 Å². The second-order valence-electron chi connectivity index (χ2n) is 10.1. The third-order valence-electron chi connectivity index (χ3n) is 7.00. The Labute approximate surface area is 240 Å². The van der Waals surface area contributed by atoms with Crippen LogP contribution in [-0.2, 0) is 19.2 Å². The minimum Gasteiger partial charge on any atom is -0.494 e. The van der Waals surface area contributed by atoms with Gasteiger partial charge in [0.05, 0.1) is 19.5 Å². The minimum atomic E-state index is -4.04. The summed E-state index contributed by atoms with van der Waals surface area (Å²) in [6.07, 6.45) is 7.26. The number of ether oxygens (including phenoxy) is 2. The van der Waals surface area contributed by atoms with E-state index >= 15 is 0 Å². The van der Waals surface area contributed by atoms with Crippen molar-refractivity contribution in [1.29, 1.82) is 0 Å². The van der Waals surface area contributed by atoms with Gasteiger partial charge in [-0.2, -0.15) is 13.1 Å². The Hall–Kier alpha value is -2.88. The molecule has 0 radical (unpaired) electrons. The van der Waals surface area contributed by atoms with E-state index in [0.717, 1.165) is 44.5 Å². The average Bonchev–Trinajstić information content (AvgIpc) is 3.52. The normalized spacial score (nSPS) is 21.0. The molecule has 1 aliphatic heterocycles. The summed E-state index contributed by atoms with van der Waals surface area (Å²) in [6, 6.07) is 9.85. The van der Waals surface area contributed by atoms with Crippen LogP contribution < -0.4 is 15.2 Å². The highest BCUT2D eigenvalue weighted by Gasteiger charge is 2.45. The van der Waals surface area contributed by atoms with Crippen molar-refractivity contribution in [3.8, 4) is 5.75 Å². The number of aliphatic hydroxyl groups excluding tert-OH is 2. The van der Waals surface area contributed by atoms with E-state index in [4.69, 9.17) is 19.4 Å². The summed E-state index contributed by atoms with van der Waals surface area (Å²) in [4.78, 5) is 12.1. The third-order valence-corrected chi connectivity index (χ3v) is 8.00. The molecule has 0 aliphatic carbocycles. The number of imidazole rings is 1. The molecule has 0 amide bonds. The number of anilines is 1. The second kappa shape index (κ2) is 15.4. The number of benzene rings is 1. The number of para-hydroxylation sites is 1. The Morgan fingerprint density at radius 1 is 0.927 bits per heavy atom. The highest BCUT2D eigenvalue weighted by Crippen LogP contribution is 2.32. The number of nitrogens with zero attached hydrogens (tertiary/aromatic N) is 4. The molecule has 226 valence electrons. The van der Waals surface area contributed by atoms with Crippen LogP contribution in [0.3, 0.4) is 0 Å². The van der Waals surface area contributed by atoms with Crippen LogP contribution in [0.1, 0.15) is 64.0 Å². The smallest absolute Gasteiger partial charge is 0.335 e. The van der Waals surface area contributed by atoms with Gasteiger partial charge in [0.1, 0.15) is 35.9 Å². The molecule has 0 unspecified atom stereocenters. The van der Waals surface area contributed by atoms with Gasteiger partial charge in [0.25, 0.3) is 0 Å². The number of nitrogens with two attached hydrogens (primary N) is 1. The topological polar surface area (TPSA) is 184 Å². The molecule has 1 saturated heterocycles. The summed E-state index contributed by atoms with van der Waals surface area (Å²) in [5.41, 5.74) is 6.43. The summed E-state index contributed by atoms with van der Waals surface area (Å²) in [5, 5.41) is 20.9. The van der Waals surface area contributed by atoms with E-state index in [-0.39, 0.29) is 12.4 Å². The van der Waals surface area contributed by atoms with Gasteiger partial charge in [-0.25, -0.2) is 15.0 Å². The first-order valence-corrected chi connectivity index (χ1v) is 15.5. The van der Waals surface area contributed by atoms with Gasteiger partial charge in [0.15, 0.2) is 17.7 Å². The monoisotopic (exact) mass is 592 g/mol. The van der Waals surface area contributed by atoms with E-state index in [1.165, 1.54) is 36.5 Å². The zero-order valence-electron chi connectivity index (χ0n) is 23.0. The highest BCUT2D eigenvalue weighted by molar-refractivity contribution is 7.84. The summed E-state index contributed by atoms with van der Waals surface area (Å²) in [7, 11) is -4.04. The maximum Gasteiger partial charge on any atom is 0.335 e. The molecule has 0 saturated carbocycles.